The summed E-state index contributed by atoms with van der Waals surface area (Å²) in [5, 5.41) is 9.80. The number of benzene rings is 1. The predicted octanol–water partition coefficient (Wildman–Crippen LogP) is 3.26. The molecule has 1 nitrogen and oxygen atoms in total. The van der Waals surface area contributed by atoms with Crippen LogP contribution in [0.1, 0.15) is 24.8 Å². The first-order chi connectivity index (χ1) is 8.81. The summed E-state index contributed by atoms with van der Waals surface area (Å²) in [4.78, 5) is 0. The molecule has 0 heterocycles. The van der Waals surface area contributed by atoms with Crippen LogP contribution in [0.2, 0.25) is 0 Å². The quantitative estimate of drug-likeness (QED) is 0.633. The molecule has 0 saturated heterocycles. The van der Waals surface area contributed by atoms with E-state index in [1.54, 1.807) is 6.08 Å². The summed E-state index contributed by atoms with van der Waals surface area (Å²) in [5.41, 5.74) is 3.40. The molecule has 0 radical (unpaired) electrons. The Balaban J connectivity index is 2.07. The van der Waals surface area contributed by atoms with Crippen molar-refractivity contribution in [3.05, 3.63) is 59.7 Å². The van der Waals surface area contributed by atoms with Gasteiger partial charge < -0.3 is 5.11 Å². The third kappa shape index (κ3) is 3.12. The summed E-state index contributed by atoms with van der Waals surface area (Å²) in [6.07, 6.45) is 4.86. The van der Waals surface area contributed by atoms with Gasteiger partial charge >= 0.3 is 0 Å². The number of hydrogen-bond acceptors (Lipinski definition) is 1. The van der Waals surface area contributed by atoms with E-state index in [-0.39, 0.29) is 0 Å². The van der Waals surface area contributed by atoms with Crippen LogP contribution in [0.4, 0.5) is 0 Å². The Morgan fingerprint density at radius 3 is 2.78 bits per heavy atom. The molecule has 0 fully saturated rings. The highest BCUT2D eigenvalue weighted by molar-refractivity contribution is 5.40. The van der Waals surface area contributed by atoms with Crippen molar-refractivity contribution in [3.8, 4) is 11.8 Å². The topological polar surface area (TPSA) is 20.2 Å². The Morgan fingerprint density at radius 2 is 2.06 bits per heavy atom. The van der Waals surface area contributed by atoms with Gasteiger partial charge in [0.05, 0.1) is 6.10 Å². The molecule has 0 aromatic heterocycles. The number of aliphatic hydroxyl groups excluding tert-OH is 1. The highest BCUT2D eigenvalue weighted by Gasteiger charge is 2.17. The van der Waals surface area contributed by atoms with E-state index in [1.807, 2.05) is 18.2 Å². The standard InChI is InChI=1S/C17H18O/c1-2-17(18)16-13-7-12-15(16)11-6-10-14-8-4-3-5-9-14/h2-5,8-9,17-18H,1,7,10,12-13H2. The molecular formula is C17H18O. The lowest BCUT2D eigenvalue weighted by molar-refractivity contribution is 0.256. The normalized spacial score (nSPS) is 16.1. The SMILES string of the molecule is C=CC(O)C1=C(C#CCc2ccccc2)CCC1. The molecule has 0 spiro atoms. The number of aliphatic hydroxyl groups is 1. The first kappa shape index (κ1) is 12.7. The molecule has 1 unspecified atom stereocenters. The highest BCUT2D eigenvalue weighted by atomic mass is 16.3. The van der Waals surface area contributed by atoms with Gasteiger partial charge in [-0.05, 0) is 30.4 Å². The molecule has 2 rings (SSSR count). The zero-order chi connectivity index (χ0) is 12.8. The third-order valence-electron chi connectivity index (χ3n) is 3.22. The monoisotopic (exact) mass is 238 g/mol. The summed E-state index contributed by atoms with van der Waals surface area (Å²) in [6, 6.07) is 10.2. The van der Waals surface area contributed by atoms with E-state index in [0.29, 0.717) is 0 Å². The van der Waals surface area contributed by atoms with Gasteiger partial charge in [-0.25, -0.2) is 0 Å². The molecule has 1 heteroatoms. The number of allylic oxidation sites excluding steroid dienone is 1. The van der Waals surface area contributed by atoms with Crippen LogP contribution in [-0.4, -0.2) is 11.2 Å². The molecule has 0 aliphatic heterocycles. The molecular weight excluding hydrogens is 220 g/mol. The fraction of sp³-hybridized carbons (Fsp3) is 0.294. The molecule has 1 aliphatic carbocycles. The fourth-order valence-electron chi connectivity index (χ4n) is 2.23. The van der Waals surface area contributed by atoms with Crippen molar-refractivity contribution in [1.29, 1.82) is 0 Å². The van der Waals surface area contributed by atoms with Crippen LogP contribution in [-0.2, 0) is 6.42 Å². The fourth-order valence-corrected chi connectivity index (χ4v) is 2.23. The lowest BCUT2D eigenvalue weighted by atomic mass is 10.1. The van der Waals surface area contributed by atoms with Gasteiger partial charge in [0, 0.05) is 12.0 Å². The second-order valence-corrected chi connectivity index (χ2v) is 4.50. The molecule has 0 bridgehead atoms. The minimum atomic E-state index is -0.520. The van der Waals surface area contributed by atoms with E-state index in [0.717, 1.165) is 36.8 Å². The van der Waals surface area contributed by atoms with Crippen molar-refractivity contribution >= 4 is 0 Å². The second kappa shape index (κ2) is 6.23. The van der Waals surface area contributed by atoms with Crippen molar-refractivity contribution in [1.82, 2.24) is 0 Å². The molecule has 1 aromatic rings. The summed E-state index contributed by atoms with van der Waals surface area (Å²) in [6.45, 7) is 3.64. The van der Waals surface area contributed by atoms with Gasteiger partial charge in [0.2, 0.25) is 0 Å². The van der Waals surface area contributed by atoms with Crippen LogP contribution in [0.25, 0.3) is 0 Å². The van der Waals surface area contributed by atoms with Crippen molar-refractivity contribution < 1.29 is 5.11 Å². The van der Waals surface area contributed by atoms with E-state index in [9.17, 15) is 5.11 Å². The Labute approximate surface area is 109 Å². The molecule has 0 amide bonds. The number of rotatable bonds is 3. The van der Waals surface area contributed by atoms with Crippen LogP contribution < -0.4 is 0 Å². The third-order valence-corrected chi connectivity index (χ3v) is 3.22. The summed E-state index contributed by atoms with van der Waals surface area (Å²) in [5.74, 6) is 6.42. The lowest BCUT2D eigenvalue weighted by Crippen LogP contribution is -2.05. The molecule has 1 aromatic carbocycles. The molecule has 18 heavy (non-hydrogen) atoms. The van der Waals surface area contributed by atoms with E-state index in [2.05, 4.69) is 30.6 Å². The average Bonchev–Trinajstić information content (AvgIpc) is 2.87. The minimum Gasteiger partial charge on any atom is -0.385 e. The van der Waals surface area contributed by atoms with Crippen molar-refractivity contribution in [2.75, 3.05) is 0 Å². The van der Waals surface area contributed by atoms with Gasteiger partial charge in [-0.1, -0.05) is 48.2 Å². The van der Waals surface area contributed by atoms with Crippen LogP contribution in [0, 0.1) is 11.8 Å². The maximum Gasteiger partial charge on any atom is 0.0941 e. The highest BCUT2D eigenvalue weighted by Crippen LogP contribution is 2.28. The first-order valence-corrected chi connectivity index (χ1v) is 6.36. The minimum absolute atomic E-state index is 0.520. The van der Waals surface area contributed by atoms with E-state index in [4.69, 9.17) is 0 Å². The second-order valence-electron chi connectivity index (χ2n) is 4.50. The van der Waals surface area contributed by atoms with Crippen LogP contribution >= 0.6 is 0 Å². The molecule has 1 N–H and O–H groups in total. The molecule has 0 saturated carbocycles. The summed E-state index contributed by atoms with van der Waals surface area (Å²) in [7, 11) is 0. The van der Waals surface area contributed by atoms with E-state index < -0.39 is 6.10 Å². The molecule has 1 atom stereocenters. The van der Waals surface area contributed by atoms with Crippen LogP contribution in [0.3, 0.4) is 0 Å². The Morgan fingerprint density at radius 1 is 1.28 bits per heavy atom. The Hall–Kier alpha value is -1.78. The van der Waals surface area contributed by atoms with Gasteiger partial charge in [-0.15, -0.1) is 6.58 Å². The van der Waals surface area contributed by atoms with Gasteiger partial charge in [-0.2, -0.15) is 0 Å². The van der Waals surface area contributed by atoms with E-state index >= 15 is 0 Å². The summed E-state index contributed by atoms with van der Waals surface area (Å²) >= 11 is 0. The van der Waals surface area contributed by atoms with E-state index in [1.165, 1.54) is 5.56 Å². The molecule has 1 aliphatic rings. The van der Waals surface area contributed by atoms with Gasteiger partial charge in [0.25, 0.3) is 0 Å². The largest absolute Gasteiger partial charge is 0.385 e. The maximum absolute atomic E-state index is 9.80. The average molecular weight is 238 g/mol. The van der Waals surface area contributed by atoms with Crippen LogP contribution in [0.5, 0.6) is 0 Å². The van der Waals surface area contributed by atoms with Crippen molar-refractivity contribution in [3.63, 3.8) is 0 Å². The Bertz CT molecular complexity index is 499. The zero-order valence-electron chi connectivity index (χ0n) is 10.5. The Kier molecular flexibility index (Phi) is 4.39. The molecule has 92 valence electrons. The zero-order valence-corrected chi connectivity index (χ0v) is 10.5. The van der Waals surface area contributed by atoms with Crippen molar-refractivity contribution in [2.45, 2.75) is 31.8 Å². The van der Waals surface area contributed by atoms with Gasteiger partial charge in [0.1, 0.15) is 0 Å². The number of hydrogen-bond donors (Lipinski definition) is 1. The first-order valence-electron chi connectivity index (χ1n) is 6.36. The maximum atomic E-state index is 9.80. The smallest absolute Gasteiger partial charge is 0.0941 e. The van der Waals surface area contributed by atoms with Crippen LogP contribution in [0.15, 0.2) is 54.1 Å². The predicted molar refractivity (Wildman–Crippen MR) is 75.0 cm³/mol. The van der Waals surface area contributed by atoms with Gasteiger partial charge in [-0.3, -0.25) is 0 Å². The lowest BCUT2D eigenvalue weighted by Gasteiger charge is -2.06. The van der Waals surface area contributed by atoms with Crippen molar-refractivity contribution in [2.24, 2.45) is 0 Å². The summed E-state index contributed by atoms with van der Waals surface area (Å²) < 4.78 is 0. The van der Waals surface area contributed by atoms with Gasteiger partial charge in [0.15, 0.2) is 0 Å².